The Morgan fingerprint density at radius 1 is 1.38 bits per heavy atom. The highest BCUT2D eigenvalue weighted by atomic mass is 16.4. The summed E-state index contributed by atoms with van der Waals surface area (Å²) in [5.41, 5.74) is 3.42. The molecule has 0 aliphatic carbocycles. The summed E-state index contributed by atoms with van der Waals surface area (Å²) in [4.78, 5) is 17.8. The van der Waals surface area contributed by atoms with Crippen LogP contribution in [0.5, 0.6) is 0 Å². The topological polar surface area (TPSA) is 58.4 Å². The van der Waals surface area contributed by atoms with Crippen molar-refractivity contribution < 1.29 is 9.90 Å². The minimum Gasteiger partial charge on any atom is -0.480 e. The number of aliphatic carboxylic acids is 1. The second kappa shape index (κ2) is 5.69. The Kier molecular flexibility index (Phi) is 3.75. The Hall–Kier alpha value is -2.14. The van der Waals surface area contributed by atoms with Gasteiger partial charge in [0, 0.05) is 25.8 Å². The third-order valence-electron chi connectivity index (χ3n) is 4.14. The first-order valence-corrected chi connectivity index (χ1v) is 7.21. The first-order valence-electron chi connectivity index (χ1n) is 7.21. The van der Waals surface area contributed by atoms with Gasteiger partial charge >= 0.3 is 5.97 Å². The molecule has 1 unspecified atom stereocenters. The number of carbonyl (C=O) groups is 1. The predicted octanol–water partition coefficient (Wildman–Crippen LogP) is 1.91. The molecule has 5 heteroatoms. The van der Waals surface area contributed by atoms with E-state index in [-0.39, 0.29) is 0 Å². The Balaban J connectivity index is 1.87. The summed E-state index contributed by atoms with van der Waals surface area (Å²) in [5.74, 6) is -0.757. The Morgan fingerprint density at radius 3 is 2.86 bits per heavy atom. The number of fused-ring (bicyclic) bond motifs is 1. The Morgan fingerprint density at radius 2 is 2.14 bits per heavy atom. The molecule has 1 aliphatic rings. The van der Waals surface area contributed by atoms with E-state index >= 15 is 0 Å². The lowest BCUT2D eigenvalue weighted by Gasteiger charge is -2.34. The third kappa shape index (κ3) is 2.69. The van der Waals surface area contributed by atoms with Crippen LogP contribution in [0.4, 0.5) is 0 Å². The van der Waals surface area contributed by atoms with Crippen LogP contribution in [-0.4, -0.2) is 31.6 Å². The third-order valence-corrected chi connectivity index (χ3v) is 4.14. The maximum absolute atomic E-state index is 11.6. The standard InChI is InChI=1S/C16H19N3O2/c1-2-18-11-17-8-14(18)10-19-9-13-6-4-3-5-12(13)7-15(19)16(20)21/h3-6,8,11,15H,2,7,9-10H2,1H3,(H,20,21). The zero-order valence-electron chi connectivity index (χ0n) is 12.1. The van der Waals surface area contributed by atoms with Crippen molar-refractivity contribution >= 4 is 5.97 Å². The molecule has 0 spiro atoms. The van der Waals surface area contributed by atoms with Gasteiger partial charge < -0.3 is 9.67 Å². The first kappa shape index (κ1) is 13.8. The highest BCUT2D eigenvalue weighted by molar-refractivity contribution is 5.74. The molecule has 0 saturated heterocycles. The van der Waals surface area contributed by atoms with Crippen molar-refractivity contribution in [2.75, 3.05) is 0 Å². The van der Waals surface area contributed by atoms with Gasteiger partial charge in [0.2, 0.25) is 0 Å². The van der Waals surface area contributed by atoms with Crippen LogP contribution in [0.25, 0.3) is 0 Å². The fourth-order valence-corrected chi connectivity index (χ4v) is 2.96. The zero-order chi connectivity index (χ0) is 14.8. The molecule has 21 heavy (non-hydrogen) atoms. The van der Waals surface area contributed by atoms with Crippen molar-refractivity contribution in [3.63, 3.8) is 0 Å². The molecule has 2 aromatic rings. The molecule has 110 valence electrons. The predicted molar refractivity (Wildman–Crippen MR) is 78.7 cm³/mol. The van der Waals surface area contributed by atoms with Crippen LogP contribution in [0.1, 0.15) is 23.7 Å². The van der Waals surface area contributed by atoms with E-state index in [9.17, 15) is 9.90 Å². The van der Waals surface area contributed by atoms with E-state index in [1.54, 1.807) is 6.33 Å². The van der Waals surface area contributed by atoms with Gasteiger partial charge in [-0.25, -0.2) is 4.98 Å². The van der Waals surface area contributed by atoms with Crippen LogP contribution in [0.3, 0.4) is 0 Å². The molecule has 1 aliphatic heterocycles. The molecular formula is C16H19N3O2. The Bertz CT molecular complexity index is 650. The van der Waals surface area contributed by atoms with Crippen molar-refractivity contribution in [2.24, 2.45) is 0 Å². The van der Waals surface area contributed by atoms with E-state index in [1.165, 1.54) is 5.56 Å². The van der Waals surface area contributed by atoms with E-state index in [1.807, 2.05) is 29.3 Å². The molecule has 3 rings (SSSR count). The van der Waals surface area contributed by atoms with Crippen molar-refractivity contribution in [1.29, 1.82) is 0 Å². The zero-order valence-corrected chi connectivity index (χ0v) is 12.1. The number of aromatic nitrogens is 2. The van der Waals surface area contributed by atoms with Crippen molar-refractivity contribution in [2.45, 2.75) is 39.0 Å². The Labute approximate surface area is 123 Å². The lowest BCUT2D eigenvalue weighted by atomic mass is 9.94. The van der Waals surface area contributed by atoms with Gasteiger partial charge in [-0.3, -0.25) is 9.69 Å². The average Bonchev–Trinajstić information content (AvgIpc) is 2.93. The minimum absolute atomic E-state index is 0.472. The van der Waals surface area contributed by atoms with Crippen LogP contribution in [0.2, 0.25) is 0 Å². The van der Waals surface area contributed by atoms with Crippen LogP contribution < -0.4 is 0 Å². The van der Waals surface area contributed by atoms with Gasteiger partial charge in [0.15, 0.2) is 0 Å². The number of carboxylic acid groups (broad SMARTS) is 1. The number of imidazole rings is 1. The van der Waals surface area contributed by atoms with Gasteiger partial charge in [0.1, 0.15) is 6.04 Å². The highest BCUT2D eigenvalue weighted by Crippen LogP contribution is 2.25. The quantitative estimate of drug-likeness (QED) is 0.932. The molecule has 0 amide bonds. The molecule has 1 aromatic heterocycles. The number of hydrogen-bond donors (Lipinski definition) is 1. The van der Waals surface area contributed by atoms with Gasteiger partial charge in [0.05, 0.1) is 12.0 Å². The van der Waals surface area contributed by atoms with E-state index in [0.717, 1.165) is 17.8 Å². The number of hydrogen-bond acceptors (Lipinski definition) is 3. The maximum atomic E-state index is 11.6. The second-order valence-electron chi connectivity index (χ2n) is 5.40. The van der Waals surface area contributed by atoms with E-state index in [0.29, 0.717) is 19.5 Å². The molecule has 1 aromatic carbocycles. The van der Waals surface area contributed by atoms with Crippen LogP contribution in [0.15, 0.2) is 36.8 Å². The first-order chi connectivity index (χ1) is 10.2. The molecule has 0 radical (unpaired) electrons. The maximum Gasteiger partial charge on any atom is 0.321 e. The van der Waals surface area contributed by atoms with E-state index in [4.69, 9.17) is 0 Å². The van der Waals surface area contributed by atoms with Gasteiger partial charge in [-0.15, -0.1) is 0 Å². The van der Waals surface area contributed by atoms with E-state index in [2.05, 4.69) is 22.5 Å². The lowest BCUT2D eigenvalue weighted by Crippen LogP contribution is -2.45. The van der Waals surface area contributed by atoms with Crippen molar-refractivity contribution in [3.05, 3.63) is 53.6 Å². The SMILES string of the molecule is CCn1cncc1CN1Cc2ccccc2CC1C(=O)O. The van der Waals surface area contributed by atoms with Gasteiger partial charge in [-0.1, -0.05) is 24.3 Å². The summed E-state index contributed by atoms with van der Waals surface area (Å²) in [6.45, 7) is 4.18. The molecule has 0 bridgehead atoms. The summed E-state index contributed by atoms with van der Waals surface area (Å²) in [6.07, 6.45) is 4.18. The number of rotatable bonds is 4. The van der Waals surface area contributed by atoms with Gasteiger partial charge in [0.25, 0.3) is 0 Å². The van der Waals surface area contributed by atoms with Crippen LogP contribution >= 0.6 is 0 Å². The molecule has 1 N–H and O–H groups in total. The largest absolute Gasteiger partial charge is 0.480 e. The fraction of sp³-hybridized carbons (Fsp3) is 0.375. The molecular weight excluding hydrogens is 266 g/mol. The molecule has 2 heterocycles. The van der Waals surface area contributed by atoms with Gasteiger partial charge in [-0.05, 0) is 24.5 Å². The van der Waals surface area contributed by atoms with Gasteiger partial charge in [-0.2, -0.15) is 0 Å². The summed E-state index contributed by atoms with van der Waals surface area (Å²) < 4.78 is 2.05. The number of benzene rings is 1. The lowest BCUT2D eigenvalue weighted by molar-refractivity contribution is -0.144. The van der Waals surface area contributed by atoms with Crippen molar-refractivity contribution in [1.82, 2.24) is 14.5 Å². The fourth-order valence-electron chi connectivity index (χ4n) is 2.96. The van der Waals surface area contributed by atoms with Crippen LogP contribution in [0, 0.1) is 0 Å². The molecule has 1 atom stereocenters. The normalized spacial score (nSPS) is 18.4. The average molecular weight is 285 g/mol. The second-order valence-corrected chi connectivity index (χ2v) is 5.40. The molecule has 5 nitrogen and oxygen atoms in total. The monoisotopic (exact) mass is 285 g/mol. The number of carboxylic acids is 1. The number of aryl methyl sites for hydroxylation is 1. The minimum atomic E-state index is -0.757. The highest BCUT2D eigenvalue weighted by Gasteiger charge is 2.31. The van der Waals surface area contributed by atoms with Crippen LogP contribution in [-0.2, 0) is 30.8 Å². The summed E-state index contributed by atoms with van der Waals surface area (Å²) >= 11 is 0. The smallest absolute Gasteiger partial charge is 0.321 e. The van der Waals surface area contributed by atoms with Crippen molar-refractivity contribution in [3.8, 4) is 0 Å². The summed E-state index contributed by atoms with van der Waals surface area (Å²) in [7, 11) is 0. The summed E-state index contributed by atoms with van der Waals surface area (Å²) in [5, 5.41) is 9.53. The van der Waals surface area contributed by atoms with E-state index < -0.39 is 12.0 Å². The summed E-state index contributed by atoms with van der Waals surface area (Å²) in [6, 6.07) is 7.62. The molecule has 0 fully saturated rings. The number of nitrogens with zero attached hydrogens (tertiary/aromatic N) is 3. The molecule has 0 saturated carbocycles.